The Morgan fingerprint density at radius 3 is 2.77 bits per heavy atom. The van der Waals surface area contributed by atoms with E-state index in [9.17, 15) is 24.3 Å². The van der Waals surface area contributed by atoms with Crippen molar-refractivity contribution in [2.75, 3.05) is 18.6 Å². The summed E-state index contributed by atoms with van der Waals surface area (Å²) in [5.74, 6) is -2.09. The molecule has 0 radical (unpaired) electrons. The lowest BCUT2D eigenvalue weighted by molar-refractivity contribution is -0.150. The second kappa shape index (κ2) is 8.51. The molecular formula is C17H17N5O6S3. The van der Waals surface area contributed by atoms with Gasteiger partial charge in [-0.2, -0.15) is 0 Å². The van der Waals surface area contributed by atoms with Crippen LogP contribution in [0.25, 0.3) is 0 Å². The minimum Gasteiger partial charge on any atom is -0.477 e. The van der Waals surface area contributed by atoms with E-state index >= 15 is 0 Å². The molecule has 4 N–H and O–H groups in total. The van der Waals surface area contributed by atoms with E-state index < -0.39 is 29.2 Å². The van der Waals surface area contributed by atoms with Gasteiger partial charge in [-0.15, -0.1) is 23.1 Å². The van der Waals surface area contributed by atoms with Crippen LogP contribution in [0.5, 0.6) is 0 Å². The molecule has 4 rings (SSSR count). The molecule has 164 valence electrons. The van der Waals surface area contributed by atoms with Crippen molar-refractivity contribution in [2.45, 2.75) is 29.5 Å². The van der Waals surface area contributed by atoms with Crippen LogP contribution >= 0.6 is 34.9 Å². The first kappa shape index (κ1) is 21.6. The van der Waals surface area contributed by atoms with Crippen molar-refractivity contribution in [1.82, 2.24) is 15.2 Å². The van der Waals surface area contributed by atoms with Crippen molar-refractivity contribution in [1.29, 1.82) is 0 Å². The van der Waals surface area contributed by atoms with Crippen LogP contribution in [0, 0.1) is 0 Å². The summed E-state index contributed by atoms with van der Waals surface area (Å²) in [6.45, 7) is 0. The molecule has 31 heavy (non-hydrogen) atoms. The number of carboxylic acid groups (broad SMARTS) is 1. The van der Waals surface area contributed by atoms with Gasteiger partial charge in [0, 0.05) is 22.8 Å². The maximum absolute atomic E-state index is 12.8. The Bertz CT molecular complexity index is 1040. The Labute approximate surface area is 188 Å². The summed E-state index contributed by atoms with van der Waals surface area (Å²) in [7, 11) is 1.27. The van der Waals surface area contributed by atoms with Crippen LogP contribution in [-0.2, 0) is 24.0 Å². The molecule has 3 aliphatic rings. The summed E-state index contributed by atoms with van der Waals surface area (Å²) < 4.78 is 0. The highest BCUT2D eigenvalue weighted by Crippen LogP contribution is 2.45. The van der Waals surface area contributed by atoms with E-state index in [1.54, 1.807) is 0 Å². The third-order valence-corrected chi connectivity index (χ3v) is 8.17. The second-order valence-corrected chi connectivity index (χ2v) is 10.0. The van der Waals surface area contributed by atoms with Crippen LogP contribution in [0.3, 0.4) is 0 Å². The maximum atomic E-state index is 12.8. The number of nitrogens with one attached hydrogen (secondary N) is 1. The number of amides is 2. The minimum atomic E-state index is -1.22. The highest BCUT2D eigenvalue weighted by molar-refractivity contribution is 8.14. The summed E-state index contributed by atoms with van der Waals surface area (Å²) in [5.41, 5.74) is 6.15. The lowest BCUT2D eigenvalue weighted by atomic mass is 10.00. The van der Waals surface area contributed by atoms with Crippen LogP contribution < -0.4 is 11.1 Å². The lowest BCUT2D eigenvalue weighted by Crippen LogP contribution is -2.71. The van der Waals surface area contributed by atoms with Crippen molar-refractivity contribution in [3.05, 3.63) is 22.3 Å². The van der Waals surface area contributed by atoms with Gasteiger partial charge in [0.15, 0.2) is 16.0 Å². The minimum absolute atomic E-state index is 0.0158. The molecule has 4 heterocycles. The van der Waals surface area contributed by atoms with E-state index in [0.29, 0.717) is 24.2 Å². The number of nitrogens with two attached hydrogens (primary N) is 1. The Morgan fingerprint density at radius 1 is 1.42 bits per heavy atom. The fourth-order valence-corrected chi connectivity index (χ4v) is 6.76. The van der Waals surface area contributed by atoms with Gasteiger partial charge < -0.3 is 21.0 Å². The van der Waals surface area contributed by atoms with Gasteiger partial charge in [0.2, 0.25) is 0 Å². The standard InChI is InChI=1S/C17H17N5O6S3/c1-28-21-10(7-5-30-17(18)19-7)13(24)20-11-14(25)22-12(16(26)27)6(4-29-15(11)22)8-2-3-9(23)31-8/h5,8,11,15H,2-4H2,1H3,(H2,18,19)(H,20,24)(H,26,27)/b21-10-/t8?,11-,15-/m1/s1. The number of thioether (sulfide) groups is 2. The van der Waals surface area contributed by atoms with Crippen LogP contribution in [-0.4, -0.2) is 73.1 Å². The summed E-state index contributed by atoms with van der Waals surface area (Å²) >= 11 is 3.59. The first-order valence-electron chi connectivity index (χ1n) is 9.05. The number of nitrogens with zero attached hydrogens (tertiary/aromatic N) is 3. The predicted octanol–water partition coefficient (Wildman–Crippen LogP) is 0.237. The number of hydrogen-bond acceptors (Lipinski definition) is 11. The van der Waals surface area contributed by atoms with E-state index in [-0.39, 0.29) is 32.6 Å². The molecule has 2 saturated heterocycles. The number of thiazole rings is 1. The van der Waals surface area contributed by atoms with E-state index in [1.807, 2.05) is 0 Å². The zero-order valence-corrected chi connectivity index (χ0v) is 18.5. The van der Waals surface area contributed by atoms with Gasteiger partial charge >= 0.3 is 5.97 Å². The molecule has 3 aliphatic heterocycles. The third-order valence-electron chi connectivity index (χ3n) is 4.92. The monoisotopic (exact) mass is 483 g/mol. The van der Waals surface area contributed by atoms with Gasteiger partial charge in [0.1, 0.15) is 29.9 Å². The molecule has 1 aromatic heterocycles. The first-order valence-corrected chi connectivity index (χ1v) is 11.9. The molecule has 0 spiro atoms. The fourth-order valence-electron chi connectivity index (χ4n) is 3.56. The zero-order chi connectivity index (χ0) is 22.3. The van der Waals surface area contributed by atoms with Crippen molar-refractivity contribution < 1.29 is 29.1 Å². The fraction of sp³-hybridized carbons (Fsp3) is 0.412. The first-order chi connectivity index (χ1) is 14.8. The van der Waals surface area contributed by atoms with Crippen LogP contribution in [0.1, 0.15) is 18.5 Å². The summed E-state index contributed by atoms with van der Waals surface area (Å²) in [6, 6.07) is -0.927. The quantitative estimate of drug-likeness (QED) is 0.290. The van der Waals surface area contributed by atoms with E-state index in [4.69, 9.17) is 10.6 Å². The number of aromatic nitrogens is 1. The van der Waals surface area contributed by atoms with Gasteiger partial charge in [0.25, 0.3) is 11.8 Å². The number of carbonyl (C=O) groups excluding carboxylic acids is 3. The van der Waals surface area contributed by atoms with Gasteiger partial charge in [-0.3, -0.25) is 19.3 Å². The Kier molecular flexibility index (Phi) is 5.94. The predicted molar refractivity (Wildman–Crippen MR) is 115 cm³/mol. The topological polar surface area (TPSA) is 164 Å². The Balaban J connectivity index is 1.54. The smallest absolute Gasteiger partial charge is 0.352 e. The number of anilines is 1. The molecule has 0 saturated carbocycles. The summed E-state index contributed by atoms with van der Waals surface area (Å²) in [5, 5.41) is 17.0. The maximum Gasteiger partial charge on any atom is 0.352 e. The van der Waals surface area contributed by atoms with Gasteiger partial charge in [0.05, 0.1) is 0 Å². The Morgan fingerprint density at radius 2 is 2.19 bits per heavy atom. The molecular weight excluding hydrogens is 466 g/mol. The zero-order valence-electron chi connectivity index (χ0n) is 16.1. The number of hydrogen-bond donors (Lipinski definition) is 3. The lowest BCUT2D eigenvalue weighted by Gasteiger charge is -2.49. The summed E-state index contributed by atoms with van der Waals surface area (Å²) in [6.07, 6.45) is 0.936. The van der Waals surface area contributed by atoms with E-state index in [2.05, 4.69) is 15.5 Å². The number of β-lactam (4-membered cyclic amide) rings is 1. The van der Waals surface area contributed by atoms with Crippen LogP contribution in [0.15, 0.2) is 21.8 Å². The third kappa shape index (κ3) is 3.90. The molecule has 2 fully saturated rings. The number of carboxylic acids is 1. The van der Waals surface area contributed by atoms with Crippen LogP contribution in [0.4, 0.5) is 5.13 Å². The van der Waals surface area contributed by atoms with Gasteiger partial charge in [-0.25, -0.2) is 9.78 Å². The second-order valence-electron chi connectivity index (χ2n) is 6.75. The van der Waals surface area contributed by atoms with E-state index in [0.717, 1.165) is 23.1 Å². The highest BCUT2D eigenvalue weighted by Gasteiger charge is 2.55. The summed E-state index contributed by atoms with van der Waals surface area (Å²) in [4.78, 5) is 59.1. The molecule has 0 aromatic carbocycles. The number of carbonyl (C=O) groups is 4. The molecule has 0 aliphatic carbocycles. The molecule has 2 amide bonds. The molecule has 14 heteroatoms. The number of rotatable bonds is 6. The average molecular weight is 484 g/mol. The van der Waals surface area contributed by atoms with Crippen molar-refractivity contribution in [3.8, 4) is 0 Å². The molecule has 11 nitrogen and oxygen atoms in total. The molecule has 0 bridgehead atoms. The van der Waals surface area contributed by atoms with E-state index in [1.165, 1.54) is 29.2 Å². The van der Waals surface area contributed by atoms with Gasteiger partial charge in [-0.05, 0) is 12.0 Å². The van der Waals surface area contributed by atoms with Gasteiger partial charge in [-0.1, -0.05) is 16.9 Å². The largest absolute Gasteiger partial charge is 0.477 e. The van der Waals surface area contributed by atoms with Crippen molar-refractivity contribution in [2.24, 2.45) is 5.16 Å². The highest BCUT2D eigenvalue weighted by atomic mass is 32.2. The van der Waals surface area contributed by atoms with Crippen LogP contribution in [0.2, 0.25) is 0 Å². The SMILES string of the molecule is CO/N=C(\C(=O)N[C@@H]1C(=O)N2C(C(=O)O)=C(C3CCC(=O)S3)CS[C@H]12)c1csc(N)n1. The number of aliphatic carboxylic acids is 1. The number of oxime groups is 1. The van der Waals surface area contributed by atoms with Crippen molar-refractivity contribution >= 4 is 68.6 Å². The normalized spacial score (nSPS) is 25.9. The number of nitrogen functional groups attached to an aromatic ring is 1. The number of fused-ring (bicyclic) bond motifs is 1. The Hall–Kier alpha value is -2.58. The molecule has 1 aromatic rings. The van der Waals surface area contributed by atoms with Crippen molar-refractivity contribution in [3.63, 3.8) is 0 Å². The molecule has 3 atom stereocenters. The average Bonchev–Trinajstić information content (AvgIpc) is 3.36. The molecule has 1 unspecified atom stereocenters.